The van der Waals surface area contributed by atoms with Gasteiger partial charge in [-0.1, -0.05) is 60.5 Å². The fourth-order valence-corrected chi connectivity index (χ4v) is 4.60. The minimum absolute atomic E-state index is 0.00973. The number of aromatic nitrogens is 2. The first-order chi connectivity index (χ1) is 16.1. The van der Waals surface area contributed by atoms with Crippen LogP contribution in [-0.4, -0.2) is 27.8 Å². The molecule has 0 bridgehead atoms. The third-order valence-electron chi connectivity index (χ3n) is 6.16. The summed E-state index contributed by atoms with van der Waals surface area (Å²) in [5.41, 5.74) is 2.55. The van der Waals surface area contributed by atoms with Crippen LogP contribution in [0.2, 0.25) is 5.02 Å². The molecule has 2 aliphatic rings. The smallest absolute Gasteiger partial charge is 0.320 e. The van der Waals surface area contributed by atoms with Gasteiger partial charge in [0.05, 0.1) is 11.6 Å². The lowest BCUT2D eigenvalue weighted by Gasteiger charge is -2.34. The molecule has 1 saturated heterocycles. The number of fused-ring (bicyclic) bond motifs is 1. The molecular formula is C24H25ClN6O2. The van der Waals surface area contributed by atoms with E-state index in [2.05, 4.69) is 21.3 Å². The zero-order chi connectivity index (χ0) is 22.8. The Hall–Kier alpha value is -3.36. The van der Waals surface area contributed by atoms with Crippen LogP contribution in [0.1, 0.15) is 31.1 Å². The van der Waals surface area contributed by atoms with Crippen molar-refractivity contribution in [1.82, 2.24) is 25.7 Å². The molecule has 2 aromatic carbocycles. The molecule has 3 atom stereocenters. The van der Waals surface area contributed by atoms with E-state index in [1.54, 1.807) is 16.8 Å². The predicted octanol–water partition coefficient (Wildman–Crippen LogP) is 3.87. The van der Waals surface area contributed by atoms with Crippen LogP contribution < -0.4 is 21.3 Å². The van der Waals surface area contributed by atoms with Crippen LogP contribution in [0.4, 0.5) is 10.6 Å². The van der Waals surface area contributed by atoms with E-state index in [4.69, 9.17) is 16.7 Å². The summed E-state index contributed by atoms with van der Waals surface area (Å²) in [7, 11) is 0. The number of anilines is 1. The van der Waals surface area contributed by atoms with Crippen LogP contribution >= 0.6 is 11.6 Å². The van der Waals surface area contributed by atoms with Gasteiger partial charge in [0.2, 0.25) is 5.91 Å². The molecule has 170 valence electrons. The van der Waals surface area contributed by atoms with Crippen molar-refractivity contribution < 1.29 is 9.59 Å². The number of nitrogens with one attached hydrogen (secondary N) is 4. The summed E-state index contributed by atoms with van der Waals surface area (Å²) in [6, 6.07) is 18.6. The Morgan fingerprint density at radius 3 is 2.70 bits per heavy atom. The molecule has 3 unspecified atom stereocenters. The van der Waals surface area contributed by atoms with E-state index in [0.717, 1.165) is 30.4 Å². The molecule has 2 heterocycles. The Labute approximate surface area is 196 Å². The summed E-state index contributed by atoms with van der Waals surface area (Å²) < 4.78 is 1.64. The molecule has 0 spiro atoms. The Kier molecular flexibility index (Phi) is 6.02. The minimum atomic E-state index is -0.541. The van der Waals surface area contributed by atoms with E-state index in [1.807, 2.05) is 48.5 Å². The molecule has 4 N–H and O–H groups in total. The van der Waals surface area contributed by atoms with Crippen LogP contribution in [0, 0.1) is 5.92 Å². The second kappa shape index (κ2) is 9.25. The second-order valence-corrected chi connectivity index (χ2v) is 8.82. The van der Waals surface area contributed by atoms with Crippen molar-refractivity contribution in [2.24, 2.45) is 5.92 Å². The topological polar surface area (TPSA) is 100 Å². The molecule has 1 aliphatic carbocycles. The number of hydrogen-bond acceptors (Lipinski definition) is 4. The Morgan fingerprint density at radius 1 is 1.12 bits per heavy atom. The summed E-state index contributed by atoms with van der Waals surface area (Å²) >= 11 is 5.92. The molecular weight excluding hydrogens is 440 g/mol. The highest BCUT2D eigenvalue weighted by atomic mass is 35.5. The molecule has 0 radical (unpaired) electrons. The van der Waals surface area contributed by atoms with Gasteiger partial charge in [0.1, 0.15) is 5.82 Å². The van der Waals surface area contributed by atoms with Gasteiger partial charge < -0.3 is 10.6 Å². The average molecular weight is 465 g/mol. The maximum Gasteiger partial charge on any atom is 0.320 e. The van der Waals surface area contributed by atoms with Gasteiger partial charge in [0.15, 0.2) is 6.29 Å². The van der Waals surface area contributed by atoms with E-state index < -0.39 is 6.29 Å². The monoisotopic (exact) mass is 464 g/mol. The number of urea groups is 1. The fraction of sp³-hybridized carbons (Fsp3) is 0.292. The lowest BCUT2D eigenvalue weighted by Crippen LogP contribution is -2.57. The van der Waals surface area contributed by atoms with Crippen LogP contribution in [0.25, 0.3) is 11.3 Å². The highest BCUT2D eigenvalue weighted by molar-refractivity contribution is 6.30. The van der Waals surface area contributed by atoms with Crippen molar-refractivity contribution in [3.8, 4) is 11.3 Å². The van der Waals surface area contributed by atoms with Crippen molar-refractivity contribution in [2.45, 2.75) is 38.1 Å². The van der Waals surface area contributed by atoms with E-state index >= 15 is 0 Å². The van der Waals surface area contributed by atoms with Gasteiger partial charge in [0.25, 0.3) is 0 Å². The maximum absolute atomic E-state index is 12.7. The first kappa shape index (κ1) is 21.5. The zero-order valence-electron chi connectivity index (χ0n) is 17.9. The third kappa shape index (κ3) is 4.72. The number of halogens is 1. The zero-order valence-corrected chi connectivity index (χ0v) is 18.7. The molecule has 5 rings (SSSR count). The number of amides is 3. The van der Waals surface area contributed by atoms with E-state index in [1.165, 1.54) is 0 Å². The molecule has 3 amide bonds. The molecule has 1 saturated carbocycles. The summed E-state index contributed by atoms with van der Waals surface area (Å²) in [5, 5.41) is 17.6. The van der Waals surface area contributed by atoms with E-state index in [-0.39, 0.29) is 23.9 Å². The highest BCUT2D eigenvalue weighted by Gasteiger charge is 2.40. The van der Waals surface area contributed by atoms with Gasteiger partial charge in [-0.05, 0) is 30.5 Å². The van der Waals surface area contributed by atoms with Crippen molar-refractivity contribution in [1.29, 1.82) is 0 Å². The number of carbonyl (C=O) groups excluding carboxylic acids is 2. The number of nitrogens with zero attached hydrogens (tertiary/aromatic N) is 2. The van der Waals surface area contributed by atoms with Gasteiger partial charge in [-0.2, -0.15) is 5.10 Å². The summed E-state index contributed by atoms with van der Waals surface area (Å²) in [4.78, 5) is 25.3. The average Bonchev–Trinajstić information content (AvgIpc) is 3.47. The summed E-state index contributed by atoms with van der Waals surface area (Å²) in [6.07, 6.45) is 2.32. The van der Waals surface area contributed by atoms with Gasteiger partial charge in [-0.25, -0.2) is 9.48 Å². The van der Waals surface area contributed by atoms with E-state index in [9.17, 15) is 9.59 Å². The van der Waals surface area contributed by atoms with Gasteiger partial charge >= 0.3 is 6.03 Å². The normalized spacial score (nSPS) is 21.8. The molecule has 33 heavy (non-hydrogen) atoms. The van der Waals surface area contributed by atoms with Crippen LogP contribution in [0.5, 0.6) is 0 Å². The molecule has 1 aromatic heterocycles. The molecule has 9 heteroatoms. The van der Waals surface area contributed by atoms with Crippen LogP contribution in [0.3, 0.4) is 0 Å². The molecule has 8 nitrogen and oxygen atoms in total. The SMILES string of the molecule is O=C(NCc1ccc(Cl)cc1)Nc1cc(-c2ccccc2)nn1C1NC(=O)C2CCCC2N1. The Morgan fingerprint density at radius 2 is 1.91 bits per heavy atom. The Balaban J connectivity index is 1.37. The number of rotatable bonds is 5. The Bertz CT molecular complexity index is 1150. The largest absolute Gasteiger partial charge is 0.334 e. The minimum Gasteiger partial charge on any atom is -0.334 e. The lowest BCUT2D eigenvalue weighted by atomic mass is 10.0. The molecule has 1 aliphatic heterocycles. The number of benzene rings is 2. The first-order valence-corrected chi connectivity index (χ1v) is 11.5. The van der Waals surface area contributed by atoms with Crippen molar-refractivity contribution in [3.05, 3.63) is 71.2 Å². The van der Waals surface area contributed by atoms with E-state index in [0.29, 0.717) is 23.1 Å². The second-order valence-electron chi connectivity index (χ2n) is 8.38. The summed E-state index contributed by atoms with van der Waals surface area (Å²) in [6.45, 7) is 0.352. The van der Waals surface area contributed by atoms with Crippen LogP contribution in [0.15, 0.2) is 60.7 Å². The molecule has 2 fully saturated rings. The number of carbonyl (C=O) groups is 2. The number of hydrogen-bond donors (Lipinski definition) is 4. The maximum atomic E-state index is 12.7. The lowest BCUT2D eigenvalue weighted by molar-refractivity contribution is -0.130. The van der Waals surface area contributed by atoms with Crippen molar-refractivity contribution >= 4 is 29.4 Å². The predicted molar refractivity (Wildman–Crippen MR) is 126 cm³/mol. The third-order valence-corrected chi connectivity index (χ3v) is 6.41. The van der Waals surface area contributed by atoms with Crippen molar-refractivity contribution in [2.75, 3.05) is 5.32 Å². The van der Waals surface area contributed by atoms with Crippen LogP contribution in [-0.2, 0) is 11.3 Å². The van der Waals surface area contributed by atoms with Gasteiger partial charge in [-0.3, -0.25) is 15.4 Å². The highest BCUT2D eigenvalue weighted by Crippen LogP contribution is 2.31. The van der Waals surface area contributed by atoms with Gasteiger partial charge in [0, 0.05) is 29.2 Å². The first-order valence-electron chi connectivity index (χ1n) is 11.1. The van der Waals surface area contributed by atoms with Gasteiger partial charge in [-0.15, -0.1) is 0 Å². The standard InChI is InChI=1S/C24H25ClN6O2/c25-17-11-9-15(10-12-17)14-26-24(33)28-21-13-20(16-5-2-1-3-6-16)30-31(21)23-27-19-8-4-7-18(19)22(32)29-23/h1-3,5-6,9-13,18-19,23,27H,4,7-8,14H2,(H,29,32)(H2,26,28,33). The molecule has 3 aromatic rings. The van der Waals surface area contributed by atoms with Crippen molar-refractivity contribution in [3.63, 3.8) is 0 Å². The quantitative estimate of drug-likeness (QED) is 0.460. The summed E-state index contributed by atoms with van der Waals surface area (Å²) in [5.74, 6) is 0.498. The fourth-order valence-electron chi connectivity index (χ4n) is 4.47.